The maximum absolute atomic E-state index is 9.14. The Morgan fingerprint density at radius 2 is 2.25 bits per heavy atom. The highest BCUT2D eigenvalue weighted by atomic mass is 79.9. The van der Waals surface area contributed by atoms with Gasteiger partial charge in [0.1, 0.15) is 5.75 Å². The Morgan fingerprint density at radius 3 is 2.83 bits per heavy atom. The van der Waals surface area contributed by atoms with Gasteiger partial charge in [0.25, 0.3) is 0 Å². The van der Waals surface area contributed by atoms with Crippen LogP contribution in [-0.4, -0.2) is 5.11 Å². The zero-order chi connectivity index (χ0) is 8.97. The van der Waals surface area contributed by atoms with Crippen LogP contribution in [0.2, 0.25) is 0 Å². The third-order valence-electron chi connectivity index (χ3n) is 1.31. The fourth-order valence-corrected chi connectivity index (χ4v) is 1.15. The lowest BCUT2D eigenvalue weighted by Crippen LogP contribution is -1.72. The third-order valence-corrected chi connectivity index (χ3v) is 1.95. The van der Waals surface area contributed by atoms with Crippen LogP contribution in [0.4, 0.5) is 0 Å². The summed E-state index contributed by atoms with van der Waals surface area (Å²) in [5.41, 5.74) is 0.885. The van der Waals surface area contributed by atoms with Crippen molar-refractivity contribution in [2.75, 3.05) is 0 Å². The molecule has 0 fully saturated rings. The van der Waals surface area contributed by atoms with Gasteiger partial charge in [0.2, 0.25) is 0 Å². The van der Waals surface area contributed by atoms with E-state index in [-0.39, 0.29) is 5.75 Å². The Labute approximate surface area is 79.1 Å². The fourth-order valence-electron chi connectivity index (χ4n) is 0.750. The average Bonchev–Trinajstić information content (AvgIpc) is 2.07. The lowest BCUT2D eigenvalue weighted by Gasteiger charge is -1.97. The van der Waals surface area contributed by atoms with E-state index in [0.717, 1.165) is 5.56 Å². The van der Waals surface area contributed by atoms with Crippen molar-refractivity contribution < 1.29 is 5.11 Å². The molecule has 0 spiro atoms. The molecule has 1 aromatic rings. The van der Waals surface area contributed by atoms with E-state index in [1.807, 2.05) is 0 Å². The van der Waals surface area contributed by atoms with Crippen LogP contribution in [0, 0.1) is 6.57 Å². The lowest BCUT2D eigenvalue weighted by molar-refractivity contribution is 0.472. The summed E-state index contributed by atoms with van der Waals surface area (Å²) in [6.07, 6.45) is 3.05. The molecule has 2 nitrogen and oxygen atoms in total. The summed E-state index contributed by atoms with van der Waals surface area (Å²) in [4.78, 5) is 3.07. The molecule has 0 unspecified atom stereocenters. The molecule has 1 N–H and O–H groups in total. The van der Waals surface area contributed by atoms with Crippen molar-refractivity contribution in [1.29, 1.82) is 0 Å². The van der Waals surface area contributed by atoms with Crippen LogP contribution in [0.1, 0.15) is 5.56 Å². The van der Waals surface area contributed by atoms with Crippen LogP contribution in [0.15, 0.2) is 28.9 Å². The molecular weight excluding hydrogens is 218 g/mol. The molecule has 60 valence electrons. The average molecular weight is 224 g/mol. The second-order valence-corrected chi connectivity index (χ2v) is 3.01. The number of aromatic hydroxyl groups is 1. The largest absolute Gasteiger partial charge is 0.507 e. The van der Waals surface area contributed by atoms with E-state index in [1.165, 1.54) is 6.20 Å². The maximum Gasteiger partial charge on any atom is 0.154 e. The highest BCUT2D eigenvalue weighted by Crippen LogP contribution is 2.24. The lowest BCUT2D eigenvalue weighted by atomic mass is 10.2. The molecule has 0 saturated carbocycles. The molecule has 0 aliphatic carbocycles. The van der Waals surface area contributed by atoms with Crippen molar-refractivity contribution in [3.63, 3.8) is 0 Å². The predicted molar refractivity (Wildman–Crippen MR) is 51.4 cm³/mol. The number of phenolic OH excluding ortho intramolecular Hbond substituents is 1. The molecule has 12 heavy (non-hydrogen) atoms. The third kappa shape index (κ3) is 2.11. The second kappa shape index (κ2) is 3.93. The van der Waals surface area contributed by atoms with Crippen LogP contribution < -0.4 is 0 Å². The number of benzene rings is 1. The normalized spacial score (nSPS) is 10.0. The van der Waals surface area contributed by atoms with Gasteiger partial charge in [-0.25, -0.2) is 4.85 Å². The first-order valence-corrected chi connectivity index (χ1v) is 4.05. The summed E-state index contributed by atoms with van der Waals surface area (Å²) in [5, 5.41) is 9.14. The minimum absolute atomic E-state index is 0.204. The zero-order valence-corrected chi connectivity index (χ0v) is 7.75. The van der Waals surface area contributed by atoms with Gasteiger partial charge in [0, 0.05) is 0 Å². The minimum atomic E-state index is 0.204. The highest BCUT2D eigenvalue weighted by Gasteiger charge is 1.95. The second-order valence-electron chi connectivity index (χ2n) is 2.16. The van der Waals surface area contributed by atoms with Crippen molar-refractivity contribution in [2.24, 2.45) is 0 Å². The molecule has 0 atom stereocenters. The van der Waals surface area contributed by atoms with Crippen LogP contribution in [0.25, 0.3) is 10.9 Å². The van der Waals surface area contributed by atoms with Gasteiger partial charge < -0.3 is 5.11 Å². The van der Waals surface area contributed by atoms with Crippen LogP contribution in [0.3, 0.4) is 0 Å². The molecule has 3 heteroatoms. The molecule has 0 aromatic heterocycles. The van der Waals surface area contributed by atoms with Gasteiger partial charge in [0.05, 0.1) is 11.0 Å². The van der Waals surface area contributed by atoms with Gasteiger partial charge in [0.15, 0.2) is 6.20 Å². The Hall–Kier alpha value is -1.27. The van der Waals surface area contributed by atoms with Gasteiger partial charge in [-0.2, -0.15) is 0 Å². The SMILES string of the molecule is [C-]#[N+]/C=C/c1ccc(O)c(Br)c1. The topological polar surface area (TPSA) is 24.6 Å². The molecule has 1 aromatic carbocycles. The Kier molecular flexibility index (Phi) is 2.89. The van der Waals surface area contributed by atoms with Crippen LogP contribution in [-0.2, 0) is 0 Å². The summed E-state index contributed by atoms with van der Waals surface area (Å²) in [6.45, 7) is 6.52. The van der Waals surface area contributed by atoms with E-state index in [0.29, 0.717) is 4.47 Å². The van der Waals surface area contributed by atoms with E-state index in [2.05, 4.69) is 20.8 Å². The Balaban J connectivity index is 2.99. The number of hydrogen-bond donors (Lipinski definition) is 1. The molecule has 0 amide bonds. The molecule has 0 radical (unpaired) electrons. The van der Waals surface area contributed by atoms with Crippen LogP contribution in [0.5, 0.6) is 5.75 Å². The van der Waals surface area contributed by atoms with Gasteiger partial charge in [-0.15, -0.1) is 0 Å². The number of phenols is 1. The number of nitrogens with zero attached hydrogens (tertiary/aromatic N) is 1. The van der Waals surface area contributed by atoms with E-state index in [4.69, 9.17) is 11.7 Å². The molecular formula is C9H6BrNO. The van der Waals surface area contributed by atoms with Crippen molar-refractivity contribution in [2.45, 2.75) is 0 Å². The monoisotopic (exact) mass is 223 g/mol. The summed E-state index contributed by atoms with van der Waals surface area (Å²) in [7, 11) is 0. The highest BCUT2D eigenvalue weighted by molar-refractivity contribution is 9.10. The standard InChI is InChI=1S/C9H6BrNO/c1-11-5-4-7-2-3-9(12)8(10)6-7/h2-6,12H/b5-4+. The Morgan fingerprint density at radius 1 is 1.50 bits per heavy atom. The molecule has 0 aliphatic rings. The summed E-state index contributed by atoms with van der Waals surface area (Å²) < 4.78 is 0.634. The van der Waals surface area contributed by atoms with Crippen molar-refractivity contribution >= 4 is 22.0 Å². The quantitative estimate of drug-likeness (QED) is 0.728. The summed E-state index contributed by atoms with van der Waals surface area (Å²) >= 11 is 3.18. The van der Waals surface area contributed by atoms with Crippen LogP contribution >= 0.6 is 15.9 Å². The molecule has 0 heterocycles. The van der Waals surface area contributed by atoms with Gasteiger partial charge in [-0.1, -0.05) is 12.1 Å². The zero-order valence-electron chi connectivity index (χ0n) is 6.16. The van der Waals surface area contributed by atoms with E-state index in [9.17, 15) is 0 Å². The number of hydrogen-bond acceptors (Lipinski definition) is 1. The molecule has 0 aliphatic heterocycles. The van der Waals surface area contributed by atoms with Crippen molar-refractivity contribution in [3.05, 3.63) is 45.9 Å². The summed E-state index contributed by atoms with van der Waals surface area (Å²) in [6, 6.07) is 5.06. The van der Waals surface area contributed by atoms with E-state index in [1.54, 1.807) is 24.3 Å². The van der Waals surface area contributed by atoms with Crippen molar-refractivity contribution in [3.8, 4) is 5.75 Å². The predicted octanol–water partition coefficient (Wildman–Crippen LogP) is 3.04. The van der Waals surface area contributed by atoms with Gasteiger partial charge in [-0.05, 0) is 33.6 Å². The molecule has 0 bridgehead atoms. The smallest absolute Gasteiger partial charge is 0.154 e. The van der Waals surface area contributed by atoms with Gasteiger partial charge >= 0.3 is 0 Å². The first-order chi connectivity index (χ1) is 5.74. The van der Waals surface area contributed by atoms with Crippen molar-refractivity contribution in [1.82, 2.24) is 0 Å². The minimum Gasteiger partial charge on any atom is -0.507 e. The van der Waals surface area contributed by atoms with E-state index < -0.39 is 0 Å². The number of halogens is 1. The fraction of sp³-hybridized carbons (Fsp3) is 0. The molecule has 1 rings (SSSR count). The first-order valence-electron chi connectivity index (χ1n) is 3.25. The van der Waals surface area contributed by atoms with E-state index >= 15 is 0 Å². The number of rotatable bonds is 1. The first kappa shape index (κ1) is 8.82. The molecule has 0 saturated heterocycles. The Bertz CT molecular complexity index is 352. The summed E-state index contributed by atoms with van der Waals surface area (Å²) in [5.74, 6) is 0.204. The maximum atomic E-state index is 9.14. The van der Waals surface area contributed by atoms with Gasteiger partial charge in [-0.3, -0.25) is 0 Å².